The summed E-state index contributed by atoms with van der Waals surface area (Å²) >= 11 is 0. The van der Waals surface area contributed by atoms with E-state index in [4.69, 9.17) is 0 Å². The lowest BCUT2D eigenvalue weighted by atomic mass is 10.1. The Labute approximate surface area is 162 Å². The van der Waals surface area contributed by atoms with Crippen LogP contribution < -0.4 is 4.90 Å². The molecule has 2 rings (SSSR count). The van der Waals surface area contributed by atoms with Gasteiger partial charge in [-0.3, -0.25) is 9.59 Å². The Morgan fingerprint density at radius 2 is 1.57 bits per heavy atom. The monoisotopic (exact) mass is 392 g/mol. The lowest BCUT2D eigenvalue weighted by molar-refractivity contribution is -0.137. The van der Waals surface area contributed by atoms with Crippen LogP contribution >= 0.6 is 0 Å². The van der Waals surface area contributed by atoms with Gasteiger partial charge in [0.15, 0.2) is 0 Å². The van der Waals surface area contributed by atoms with Gasteiger partial charge in [-0.05, 0) is 24.6 Å². The van der Waals surface area contributed by atoms with Crippen LogP contribution in [0.4, 0.5) is 18.9 Å². The zero-order valence-electron chi connectivity index (χ0n) is 15.9. The second-order valence-corrected chi connectivity index (χ2v) is 6.33. The number of halogens is 3. The van der Waals surface area contributed by atoms with Gasteiger partial charge in [0, 0.05) is 33.0 Å². The molecule has 0 N–H and O–H groups in total. The van der Waals surface area contributed by atoms with Crippen molar-refractivity contribution in [1.82, 2.24) is 4.90 Å². The predicted molar refractivity (Wildman–Crippen MR) is 102 cm³/mol. The zero-order valence-corrected chi connectivity index (χ0v) is 15.9. The lowest BCUT2D eigenvalue weighted by Crippen LogP contribution is -2.37. The third kappa shape index (κ3) is 5.58. The third-order valence-corrected chi connectivity index (χ3v) is 4.38. The summed E-state index contributed by atoms with van der Waals surface area (Å²) in [4.78, 5) is 27.2. The molecule has 28 heavy (non-hydrogen) atoms. The number of benzene rings is 2. The largest absolute Gasteiger partial charge is 0.418 e. The minimum Gasteiger partial charge on any atom is -0.339 e. The minimum absolute atomic E-state index is 0.0631. The van der Waals surface area contributed by atoms with Gasteiger partial charge in [0.1, 0.15) is 0 Å². The van der Waals surface area contributed by atoms with Gasteiger partial charge in [0.05, 0.1) is 11.3 Å². The van der Waals surface area contributed by atoms with Crippen LogP contribution in [0.1, 0.15) is 31.4 Å². The summed E-state index contributed by atoms with van der Waals surface area (Å²) in [6.07, 6.45) is -4.65. The van der Waals surface area contributed by atoms with Crippen molar-refractivity contribution >= 4 is 17.5 Å². The number of alkyl halides is 3. The van der Waals surface area contributed by atoms with Crippen LogP contribution in [0, 0.1) is 0 Å². The number of nitrogens with zero attached hydrogens (tertiary/aromatic N) is 2. The van der Waals surface area contributed by atoms with Gasteiger partial charge in [0.2, 0.25) is 11.8 Å². The second kappa shape index (κ2) is 9.39. The van der Waals surface area contributed by atoms with Crippen molar-refractivity contribution in [2.24, 2.45) is 0 Å². The molecule has 2 aromatic rings. The molecule has 0 aliphatic heterocycles. The van der Waals surface area contributed by atoms with Crippen LogP contribution in [0.3, 0.4) is 0 Å². The Hall–Kier alpha value is -2.83. The average molecular weight is 392 g/mol. The molecule has 0 bridgehead atoms. The van der Waals surface area contributed by atoms with E-state index in [2.05, 4.69) is 0 Å². The van der Waals surface area contributed by atoms with E-state index in [0.717, 1.165) is 16.5 Å². The molecule has 150 valence electrons. The normalized spacial score (nSPS) is 11.2. The summed E-state index contributed by atoms with van der Waals surface area (Å²) in [5.41, 5.74) is -0.167. The van der Waals surface area contributed by atoms with E-state index in [0.29, 0.717) is 13.1 Å². The molecule has 0 atom stereocenters. The van der Waals surface area contributed by atoms with E-state index in [1.807, 2.05) is 37.3 Å². The molecule has 0 saturated heterocycles. The van der Waals surface area contributed by atoms with Gasteiger partial charge in [-0.15, -0.1) is 0 Å². The smallest absolute Gasteiger partial charge is 0.339 e. The summed E-state index contributed by atoms with van der Waals surface area (Å²) in [6, 6.07) is 14.3. The molecule has 0 unspecified atom stereocenters. The van der Waals surface area contributed by atoms with Crippen LogP contribution in [-0.4, -0.2) is 29.8 Å². The molecule has 0 heterocycles. The Balaban J connectivity index is 2.13. The standard InChI is InChI=1S/C21H23F3N2O2/c1-3-25(15-17-9-5-4-6-10-17)20(28)13-14-26(16(2)27)19-12-8-7-11-18(19)21(22,23)24/h4-12H,3,13-15H2,1-2H3. The van der Waals surface area contributed by atoms with Crippen LogP contribution in [0.5, 0.6) is 0 Å². The molecule has 0 aromatic heterocycles. The van der Waals surface area contributed by atoms with Crippen molar-refractivity contribution in [3.8, 4) is 0 Å². The van der Waals surface area contributed by atoms with E-state index >= 15 is 0 Å². The molecule has 0 saturated carbocycles. The summed E-state index contributed by atoms with van der Waals surface area (Å²) in [7, 11) is 0. The Kier molecular flexibility index (Phi) is 7.20. The number of carbonyl (C=O) groups excluding carboxylic acids is 2. The second-order valence-electron chi connectivity index (χ2n) is 6.33. The summed E-state index contributed by atoms with van der Waals surface area (Å²) in [5, 5.41) is 0. The van der Waals surface area contributed by atoms with Crippen LogP contribution in [0.2, 0.25) is 0 Å². The Morgan fingerprint density at radius 1 is 0.964 bits per heavy atom. The first kappa shape index (κ1) is 21.5. The topological polar surface area (TPSA) is 40.6 Å². The maximum Gasteiger partial charge on any atom is 0.418 e. The van der Waals surface area contributed by atoms with Gasteiger partial charge < -0.3 is 9.80 Å². The van der Waals surface area contributed by atoms with E-state index in [-0.39, 0.29) is 24.6 Å². The molecule has 0 spiro atoms. The molecule has 0 aliphatic carbocycles. The van der Waals surface area contributed by atoms with Crippen molar-refractivity contribution in [1.29, 1.82) is 0 Å². The van der Waals surface area contributed by atoms with E-state index in [1.165, 1.54) is 25.1 Å². The molecule has 2 amide bonds. The average Bonchev–Trinajstić information content (AvgIpc) is 2.66. The van der Waals surface area contributed by atoms with Crippen LogP contribution in [0.25, 0.3) is 0 Å². The summed E-state index contributed by atoms with van der Waals surface area (Å²) < 4.78 is 39.8. The molecular weight excluding hydrogens is 369 g/mol. The van der Waals surface area contributed by atoms with Gasteiger partial charge in [-0.25, -0.2) is 0 Å². The SMILES string of the molecule is CCN(Cc1ccccc1)C(=O)CCN(C(C)=O)c1ccccc1C(F)(F)F. The maximum atomic E-state index is 13.3. The molecule has 0 radical (unpaired) electrons. The summed E-state index contributed by atoms with van der Waals surface area (Å²) in [5.74, 6) is -0.766. The minimum atomic E-state index is -4.59. The molecule has 0 aliphatic rings. The summed E-state index contributed by atoms with van der Waals surface area (Å²) in [6.45, 7) is 3.79. The highest BCUT2D eigenvalue weighted by Gasteiger charge is 2.35. The number of hydrogen-bond donors (Lipinski definition) is 0. The fraction of sp³-hybridized carbons (Fsp3) is 0.333. The van der Waals surface area contributed by atoms with E-state index in [9.17, 15) is 22.8 Å². The number of amides is 2. The number of rotatable bonds is 7. The third-order valence-electron chi connectivity index (χ3n) is 4.38. The van der Waals surface area contributed by atoms with Crippen molar-refractivity contribution in [2.45, 2.75) is 33.0 Å². The first-order chi connectivity index (χ1) is 13.2. The Morgan fingerprint density at radius 3 is 2.14 bits per heavy atom. The number of carbonyl (C=O) groups is 2. The van der Waals surface area contributed by atoms with Crippen molar-refractivity contribution in [3.05, 3.63) is 65.7 Å². The first-order valence-electron chi connectivity index (χ1n) is 9.00. The van der Waals surface area contributed by atoms with Gasteiger partial charge in [-0.1, -0.05) is 42.5 Å². The molecule has 0 fully saturated rings. The van der Waals surface area contributed by atoms with Crippen LogP contribution in [0.15, 0.2) is 54.6 Å². The van der Waals surface area contributed by atoms with Crippen molar-refractivity contribution < 1.29 is 22.8 Å². The van der Waals surface area contributed by atoms with Crippen molar-refractivity contribution in [2.75, 3.05) is 18.0 Å². The fourth-order valence-electron chi connectivity index (χ4n) is 2.94. The van der Waals surface area contributed by atoms with E-state index < -0.39 is 17.6 Å². The first-order valence-corrected chi connectivity index (χ1v) is 9.00. The van der Waals surface area contributed by atoms with E-state index in [1.54, 1.807) is 4.90 Å². The highest BCUT2D eigenvalue weighted by molar-refractivity contribution is 5.93. The lowest BCUT2D eigenvalue weighted by Gasteiger charge is -2.26. The predicted octanol–water partition coefficient (Wildman–Crippen LogP) is 4.50. The van der Waals surface area contributed by atoms with Gasteiger partial charge in [0.25, 0.3) is 0 Å². The molecule has 2 aromatic carbocycles. The quantitative estimate of drug-likeness (QED) is 0.696. The zero-order chi connectivity index (χ0) is 20.7. The number of anilines is 1. The highest BCUT2D eigenvalue weighted by Crippen LogP contribution is 2.36. The maximum absolute atomic E-state index is 13.3. The fourth-order valence-corrected chi connectivity index (χ4v) is 2.94. The number of hydrogen-bond acceptors (Lipinski definition) is 2. The highest BCUT2D eigenvalue weighted by atomic mass is 19.4. The van der Waals surface area contributed by atoms with Gasteiger partial charge in [-0.2, -0.15) is 13.2 Å². The van der Waals surface area contributed by atoms with Crippen LogP contribution in [-0.2, 0) is 22.3 Å². The Bertz CT molecular complexity index is 807. The van der Waals surface area contributed by atoms with Gasteiger partial charge >= 0.3 is 6.18 Å². The molecular formula is C21H23F3N2O2. The molecule has 7 heteroatoms. The molecule has 4 nitrogen and oxygen atoms in total. The van der Waals surface area contributed by atoms with Crippen molar-refractivity contribution in [3.63, 3.8) is 0 Å². The number of para-hydroxylation sites is 1.